The summed E-state index contributed by atoms with van der Waals surface area (Å²) in [4.78, 5) is 22.4. The third kappa shape index (κ3) is 7.03. The first-order valence-electron chi connectivity index (χ1n) is 13.0. The lowest BCUT2D eigenvalue weighted by Crippen LogP contribution is -2.37. The number of ether oxygens (including phenoxy) is 1. The zero-order chi connectivity index (χ0) is 26.6. The topological polar surface area (TPSA) is 117 Å². The summed E-state index contributed by atoms with van der Waals surface area (Å²) in [6.07, 6.45) is 5.40. The van der Waals surface area contributed by atoms with Crippen molar-refractivity contribution in [2.24, 2.45) is 5.73 Å². The van der Waals surface area contributed by atoms with Gasteiger partial charge in [0.25, 0.3) is 0 Å². The van der Waals surface area contributed by atoms with Gasteiger partial charge in [0.2, 0.25) is 6.41 Å². The van der Waals surface area contributed by atoms with E-state index in [1.807, 2.05) is 23.9 Å². The number of hydrogen-bond donors (Lipinski definition) is 2. The molecule has 8 nitrogen and oxygen atoms in total. The predicted octanol–water partition coefficient (Wildman–Crippen LogP) is 4.97. The maximum Gasteiger partial charge on any atom is 0.204 e. The number of nitrogens with two attached hydrogens (primary N) is 1. The lowest BCUT2D eigenvalue weighted by molar-refractivity contribution is -0.106. The number of hydrogen-bond acceptors (Lipinski definition) is 8. The van der Waals surface area contributed by atoms with Crippen molar-refractivity contribution in [1.82, 2.24) is 9.97 Å². The van der Waals surface area contributed by atoms with Crippen LogP contribution in [0.5, 0.6) is 0 Å². The summed E-state index contributed by atoms with van der Waals surface area (Å²) in [6.45, 7) is 3.78. The highest BCUT2D eigenvalue weighted by atomic mass is 32.2. The minimum Gasteiger partial charge on any atom is -0.384 e. The molecule has 198 valence electrons. The van der Waals surface area contributed by atoms with Gasteiger partial charge in [-0.05, 0) is 49.2 Å². The van der Waals surface area contributed by atoms with E-state index in [2.05, 4.69) is 70.6 Å². The lowest BCUT2D eigenvalue weighted by Gasteiger charge is -2.32. The molecule has 2 fully saturated rings. The fourth-order valence-corrected chi connectivity index (χ4v) is 6.27. The Labute approximate surface area is 228 Å². The number of anilines is 2. The number of amides is 1. The second-order valence-electron chi connectivity index (χ2n) is 9.20. The SMILES string of the molecule is N#CCCNc1ccc(-c2nc(N3CCOCC3)cc(C3(Sc4ccccc4)CCCC3)n2)cc1.NC=O. The van der Waals surface area contributed by atoms with Gasteiger partial charge in [0.1, 0.15) is 5.82 Å². The molecule has 0 unspecified atom stereocenters. The number of morpholine rings is 1. The Morgan fingerprint density at radius 1 is 1.08 bits per heavy atom. The van der Waals surface area contributed by atoms with Crippen molar-refractivity contribution in [3.05, 3.63) is 66.4 Å². The number of nitrogens with zero attached hydrogens (tertiary/aromatic N) is 4. The van der Waals surface area contributed by atoms with E-state index in [1.165, 1.54) is 17.7 Å². The molecular weight excluding hydrogens is 496 g/mol. The van der Waals surface area contributed by atoms with Crippen LogP contribution in [0.1, 0.15) is 37.8 Å². The van der Waals surface area contributed by atoms with Crippen LogP contribution in [-0.2, 0) is 14.3 Å². The van der Waals surface area contributed by atoms with Gasteiger partial charge < -0.3 is 20.7 Å². The zero-order valence-corrected chi connectivity index (χ0v) is 22.3. The Kier molecular flexibility index (Phi) is 9.96. The predicted molar refractivity (Wildman–Crippen MR) is 152 cm³/mol. The number of aromatic nitrogens is 2. The molecule has 0 atom stereocenters. The van der Waals surface area contributed by atoms with Gasteiger partial charge in [-0.2, -0.15) is 5.26 Å². The van der Waals surface area contributed by atoms with Crippen molar-refractivity contribution in [3.63, 3.8) is 0 Å². The maximum absolute atomic E-state index is 8.78. The van der Waals surface area contributed by atoms with E-state index in [1.54, 1.807) is 0 Å². The van der Waals surface area contributed by atoms with Gasteiger partial charge in [0, 0.05) is 41.8 Å². The quantitative estimate of drug-likeness (QED) is 0.310. The van der Waals surface area contributed by atoms with E-state index in [4.69, 9.17) is 24.8 Å². The Hall–Kier alpha value is -3.61. The van der Waals surface area contributed by atoms with Crippen LogP contribution in [0.2, 0.25) is 0 Å². The second kappa shape index (κ2) is 13.8. The molecule has 1 saturated carbocycles. The number of rotatable bonds is 8. The Morgan fingerprint density at radius 3 is 2.42 bits per heavy atom. The highest BCUT2D eigenvalue weighted by molar-refractivity contribution is 8.00. The average molecular weight is 531 g/mol. The normalized spacial score (nSPS) is 16.1. The van der Waals surface area contributed by atoms with Crippen molar-refractivity contribution in [2.45, 2.75) is 41.7 Å². The van der Waals surface area contributed by atoms with Crippen LogP contribution >= 0.6 is 11.8 Å². The van der Waals surface area contributed by atoms with E-state index >= 15 is 0 Å². The van der Waals surface area contributed by atoms with Gasteiger partial charge >= 0.3 is 0 Å². The van der Waals surface area contributed by atoms with Gasteiger partial charge in [-0.3, -0.25) is 4.79 Å². The molecule has 1 amide bonds. The van der Waals surface area contributed by atoms with Crippen LogP contribution in [0.4, 0.5) is 11.5 Å². The lowest BCUT2D eigenvalue weighted by atomic mass is 10.0. The number of primary amides is 1. The fraction of sp³-hybridized carbons (Fsp3) is 0.379. The molecule has 1 aliphatic carbocycles. The third-order valence-electron chi connectivity index (χ3n) is 6.69. The molecule has 0 spiro atoms. The van der Waals surface area contributed by atoms with Crippen LogP contribution in [-0.4, -0.2) is 49.2 Å². The van der Waals surface area contributed by atoms with Crippen LogP contribution in [0.3, 0.4) is 0 Å². The molecule has 3 aromatic rings. The standard InChI is InChI=1S/C28H31N5OS.CH3NO/c29-15-6-16-30-23-11-9-22(10-12-23)27-31-25(21-26(32-27)33-17-19-34-20-18-33)28(13-4-5-14-28)35-24-7-2-1-3-8-24;2-1-3/h1-3,7-12,21,30H,4-6,13-14,16-20H2;1H,(H2,2,3). The summed E-state index contributed by atoms with van der Waals surface area (Å²) in [7, 11) is 0. The highest BCUT2D eigenvalue weighted by Crippen LogP contribution is 2.52. The van der Waals surface area contributed by atoms with Crippen molar-refractivity contribution in [3.8, 4) is 17.5 Å². The Morgan fingerprint density at radius 2 is 1.76 bits per heavy atom. The number of nitriles is 1. The molecule has 5 rings (SSSR count). The van der Waals surface area contributed by atoms with Crippen LogP contribution < -0.4 is 16.0 Å². The van der Waals surface area contributed by atoms with Crippen molar-refractivity contribution >= 4 is 29.7 Å². The van der Waals surface area contributed by atoms with Gasteiger partial charge in [-0.15, -0.1) is 11.8 Å². The van der Waals surface area contributed by atoms with Gasteiger partial charge in [0.05, 0.1) is 36.1 Å². The number of carbonyl (C=O) groups is 1. The Balaban J connectivity index is 0.00000107. The molecule has 2 heterocycles. The number of benzene rings is 2. The minimum atomic E-state index is -0.0428. The monoisotopic (exact) mass is 530 g/mol. The van der Waals surface area contributed by atoms with Crippen molar-refractivity contribution in [2.75, 3.05) is 43.1 Å². The summed E-state index contributed by atoms with van der Waals surface area (Å²) >= 11 is 1.95. The first-order chi connectivity index (χ1) is 18.7. The van der Waals surface area contributed by atoms with E-state index in [0.717, 1.165) is 67.7 Å². The molecule has 0 bridgehead atoms. The zero-order valence-electron chi connectivity index (χ0n) is 21.5. The summed E-state index contributed by atoms with van der Waals surface area (Å²) in [5, 5.41) is 12.1. The van der Waals surface area contributed by atoms with E-state index < -0.39 is 0 Å². The van der Waals surface area contributed by atoms with E-state index in [-0.39, 0.29) is 11.2 Å². The second-order valence-corrected chi connectivity index (χ2v) is 10.7. The van der Waals surface area contributed by atoms with Crippen LogP contribution in [0, 0.1) is 11.3 Å². The number of nitrogens with one attached hydrogen (secondary N) is 1. The molecule has 0 radical (unpaired) electrons. The first kappa shape index (κ1) is 27.4. The molecule has 1 aromatic heterocycles. The van der Waals surface area contributed by atoms with Crippen LogP contribution in [0.15, 0.2) is 65.6 Å². The molecule has 2 aromatic carbocycles. The highest BCUT2D eigenvalue weighted by Gasteiger charge is 2.39. The third-order valence-corrected chi connectivity index (χ3v) is 8.21. The van der Waals surface area contributed by atoms with Gasteiger partial charge in [-0.1, -0.05) is 31.0 Å². The van der Waals surface area contributed by atoms with Gasteiger partial charge in [-0.25, -0.2) is 9.97 Å². The fourth-order valence-electron chi connectivity index (χ4n) is 4.82. The van der Waals surface area contributed by atoms with Crippen LogP contribution in [0.25, 0.3) is 11.4 Å². The Bertz CT molecular complexity index is 1200. The maximum atomic E-state index is 8.78. The number of carbonyl (C=O) groups excluding carboxylic acids is 1. The minimum absolute atomic E-state index is 0.0428. The smallest absolute Gasteiger partial charge is 0.204 e. The molecule has 9 heteroatoms. The number of thioether (sulfide) groups is 1. The van der Waals surface area contributed by atoms with Crippen molar-refractivity contribution in [1.29, 1.82) is 5.26 Å². The molecule has 38 heavy (non-hydrogen) atoms. The summed E-state index contributed by atoms with van der Waals surface area (Å²) in [5.74, 6) is 1.76. The summed E-state index contributed by atoms with van der Waals surface area (Å²) in [5.41, 5.74) is 7.30. The van der Waals surface area contributed by atoms with Gasteiger partial charge in [0.15, 0.2) is 5.82 Å². The molecule has 3 N–H and O–H groups in total. The molecule has 2 aliphatic rings. The average Bonchev–Trinajstić information content (AvgIpc) is 3.44. The summed E-state index contributed by atoms with van der Waals surface area (Å²) in [6, 6.07) is 23.3. The largest absolute Gasteiger partial charge is 0.384 e. The van der Waals surface area contributed by atoms with Crippen molar-refractivity contribution < 1.29 is 9.53 Å². The summed E-state index contributed by atoms with van der Waals surface area (Å²) < 4.78 is 5.56. The first-order valence-corrected chi connectivity index (χ1v) is 13.8. The molecular formula is C29H34N6O2S. The van der Waals surface area contributed by atoms with E-state index in [9.17, 15) is 0 Å². The molecule has 1 aliphatic heterocycles. The molecule has 1 saturated heterocycles. The van der Waals surface area contributed by atoms with E-state index in [0.29, 0.717) is 13.0 Å².